The van der Waals surface area contributed by atoms with Crippen LogP contribution in [-0.2, 0) is 4.74 Å². The van der Waals surface area contributed by atoms with E-state index >= 15 is 0 Å². The maximum atomic E-state index is 9.95. The van der Waals surface area contributed by atoms with Crippen molar-refractivity contribution in [1.82, 2.24) is 15.5 Å². The molecular weight excluding hydrogens is 564 g/mol. The number of allylic oxidation sites excluding steroid dienone is 5. The number of aliphatic hydroxyl groups excluding tert-OH is 1. The molecule has 0 aromatic carbocycles. The van der Waals surface area contributed by atoms with Gasteiger partial charge in [-0.05, 0) is 61.8 Å². The van der Waals surface area contributed by atoms with Gasteiger partial charge in [-0.15, -0.1) is 0 Å². The minimum Gasteiger partial charge on any atom is -0.393 e. The predicted molar refractivity (Wildman–Crippen MR) is 160 cm³/mol. The zero-order chi connectivity index (χ0) is 26.6. The summed E-state index contributed by atoms with van der Waals surface area (Å²) in [4.78, 5) is 14.2. The maximum absolute atomic E-state index is 9.95. The van der Waals surface area contributed by atoms with Crippen LogP contribution in [0.1, 0.15) is 58.8 Å². The monoisotopic (exact) mass is 604 g/mol. The van der Waals surface area contributed by atoms with Crippen molar-refractivity contribution in [2.24, 2.45) is 15.9 Å². The molecule has 5 aliphatic rings. The second-order valence-corrected chi connectivity index (χ2v) is 13.5. The summed E-state index contributed by atoms with van der Waals surface area (Å²) in [5.74, 6) is 1.43. The Morgan fingerprint density at radius 2 is 2.05 bits per heavy atom. The Bertz CT molecular complexity index is 1030. The number of ether oxygens (including phenoxy) is 1. The third-order valence-corrected chi connectivity index (χ3v) is 9.87. The number of hydrogen-bond acceptors (Lipinski definition) is 9. The van der Waals surface area contributed by atoms with Gasteiger partial charge < -0.3 is 20.6 Å². The zero-order valence-electron chi connectivity index (χ0n) is 22.4. The second kappa shape index (κ2) is 12.9. The van der Waals surface area contributed by atoms with E-state index in [1.165, 1.54) is 16.7 Å². The van der Waals surface area contributed by atoms with Crippen molar-refractivity contribution in [2.75, 3.05) is 19.8 Å². The molecule has 2 fully saturated rings. The second-order valence-electron chi connectivity index (χ2n) is 11.2. The van der Waals surface area contributed by atoms with Crippen molar-refractivity contribution in [2.45, 2.75) is 94.1 Å². The highest BCUT2D eigenvalue weighted by molar-refractivity contribution is 9.09. The number of nitrogens with one attached hydrogen (secondary N) is 3. The summed E-state index contributed by atoms with van der Waals surface area (Å²) in [5, 5.41) is 26.4. The first-order chi connectivity index (χ1) is 18.4. The van der Waals surface area contributed by atoms with Gasteiger partial charge in [0, 0.05) is 41.8 Å². The molecule has 5 unspecified atom stereocenters. The quantitative estimate of drug-likeness (QED) is 0.266. The van der Waals surface area contributed by atoms with E-state index in [1.54, 1.807) is 0 Å². The smallest absolute Gasteiger partial charge is 0.195 e. The van der Waals surface area contributed by atoms with Gasteiger partial charge in [-0.1, -0.05) is 52.8 Å². The molecule has 38 heavy (non-hydrogen) atoms. The first-order valence-corrected chi connectivity index (χ1v) is 15.7. The SMILES string of the molecule is CC1CC=C(NC2=NC(NC3CCC(O)CC3)N=C(CN3C(C)COCC3C=N)C2)SC2=C1C=CC(Br)C2. The first kappa shape index (κ1) is 28.2. The van der Waals surface area contributed by atoms with Crippen LogP contribution in [0.15, 0.2) is 43.7 Å². The Morgan fingerprint density at radius 3 is 2.84 bits per heavy atom. The van der Waals surface area contributed by atoms with Crippen LogP contribution < -0.4 is 10.6 Å². The molecule has 5 atom stereocenters. The van der Waals surface area contributed by atoms with Crippen LogP contribution in [-0.4, -0.2) is 82.9 Å². The summed E-state index contributed by atoms with van der Waals surface area (Å²) in [6, 6.07) is 0.493. The fraction of sp³-hybridized carbons (Fsp3) is 0.679. The number of amidine groups is 1. The summed E-state index contributed by atoms with van der Waals surface area (Å²) in [5.41, 5.74) is 2.52. The van der Waals surface area contributed by atoms with Gasteiger partial charge in [-0.2, -0.15) is 0 Å². The predicted octanol–water partition coefficient (Wildman–Crippen LogP) is 4.33. The molecule has 0 spiro atoms. The zero-order valence-corrected chi connectivity index (χ0v) is 24.8. The summed E-state index contributed by atoms with van der Waals surface area (Å²) in [7, 11) is 0. The van der Waals surface area contributed by atoms with Gasteiger partial charge in [0.15, 0.2) is 6.29 Å². The number of morpholine rings is 1. The molecule has 4 N–H and O–H groups in total. The van der Waals surface area contributed by atoms with E-state index in [0.29, 0.717) is 43.0 Å². The Kier molecular flexibility index (Phi) is 9.59. The summed E-state index contributed by atoms with van der Waals surface area (Å²) < 4.78 is 5.70. The van der Waals surface area contributed by atoms with Crippen molar-refractivity contribution < 1.29 is 9.84 Å². The van der Waals surface area contributed by atoms with E-state index in [4.69, 9.17) is 20.1 Å². The standard InChI is InChI=1S/C28H41BrN6O2S/c1-17-3-10-27(38-25-11-19(29)4-9-24(17)25)33-26-12-21(14-35-18(2)15-37-16-22(35)13-30)32-28(34-26)31-20-5-7-23(36)8-6-20/h4,9-10,13,17-20,22-23,28,30-31,36H,3,5-8,11-12,14-16H2,1-2H3,(H,33,34). The van der Waals surface area contributed by atoms with E-state index in [1.807, 2.05) is 11.8 Å². The highest BCUT2D eigenvalue weighted by Gasteiger charge is 2.31. The van der Waals surface area contributed by atoms with Crippen molar-refractivity contribution in [3.8, 4) is 0 Å². The van der Waals surface area contributed by atoms with Crippen molar-refractivity contribution in [3.63, 3.8) is 0 Å². The highest BCUT2D eigenvalue weighted by atomic mass is 79.9. The van der Waals surface area contributed by atoms with Crippen LogP contribution in [0.3, 0.4) is 0 Å². The normalized spacial score (nSPS) is 36.5. The van der Waals surface area contributed by atoms with Crippen molar-refractivity contribution in [3.05, 3.63) is 33.7 Å². The molecule has 3 heterocycles. The lowest BCUT2D eigenvalue weighted by Gasteiger charge is -2.39. The first-order valence-electron chi connectivity index (χ1n) is 14.0. The lowest BCUT2D eigenvalue weighted by atomic mass is 9.93. The van der Waals surface area contributed by atoms with Gasteiger partial charge in [-0.3, -0.25) is 15.2 Å². The molecule has 0 aromatic rings. The molecule has 0 radical (unpaired) electrons. The number of aliphatic imine (C=N–C) groups is 2. The molecule has 208 valence electrons. The molecule has 0 aromatic heterocycles. The summed E-state index contributed by atoms with van der Waals surface area (Å²) >= 11 is 5.61. The number of thioether (sulfide) groups is 1. The molecule has 2 aliphatic carbocycles. The van der Waals surface area contributed by atoms with E-state index in [9.17, 15) is 5.11 Å². The Morgan fingerprint density at radius 1 is 1.24 bits per heavy atom. The van der Waals surface area contributed by atoms with E-state index in [-0.39, 0.29) is 24.5 Å². The number of nitrogens with zero attached hydrogens (tertiary/aromatic N) is 3. The number of rotatable bonds is 6. The molecule has 5 rings (SSSR count). The molecule has 8 nitrogen and oxygen atoms in total. The third kappa shape index (κ3) is 7.06. The topological polar surface area (TPSA) is 105 Å². The highest BCUT2D eigenvalue weighted by Crippen LogP contribution is 2.41. The van der Waals surface area contributed by atoms with Gasteiger partial charge in [0.1, 0.15) is 5.84 Å². The van der Waals surface area contributed by atoms with Crippen LogP contribution in [0.25, 0.3) is 0 Å². The molecule has 3 aliphatic heterocycles. The fourth-order valence-corrected chi connectivity index (χ4v) is 7.80. The largest absolute Gasteiger partial charge is 0.393 e. The number of alkyl halides is 1. The van der Waals surface area contributed by atoms with Crippen LogP contribution in [0.5, 0.6) is 0 Å². The maximum Gasteiger partial charge on any atom is 0.195 e. The number of halogens is 1. The van der Waals surface area contributed by atoms with Crippen molar-refractivity contribution >= 4 is 45.5 Å². The van der Waals surface area contributed by atoms with E-state index in [0.717, 1.165) is 55.1 Å². The van der Waals surface area contributed by atoms with E-state index in [2.05, 4.69) is 63.5 Å². The molecule has 0 amide bonds. The average Bonchev–Trinajstić information content (AvgIpc) is 3.04. The fourth-order valence-electron chi connectivity index (χ4n) is 5.85. The van der Waals surface area contributed by atoms with Gasteiger partial charge in [0.2, 0.25) is 0 Å². The van der Waals surface area contributed by atoms with Gasteiger partial charge in [0.05, 0.1) is 30.4 Å². The van der Waals surface area contributed by atoms with E-state index < -0.39 is 0 Å². The Labute approximate surface area is 239 Å². The lowest BCUT2D eigenvalue weighted by molar-refractivity contribution is -0.0111. The Balaban J connectivity index is 1.33. The van der Waals surface area contributed by atoms with Crippen LogP contribution in [0.4, 0.5) is 0 Å². The minimum atomic E-state index is -0.342. The summed E-state index contributed by atoms with van der Waals surface area (Å²) in [6.45, 7) is 6.38. The van der Waals surface area contributed by atoms with Crippen LogP contribution >= 0.6 is 27.7 Å². The van der Waals surface area contributed by atoms with Crippen molar-refractivity contribution in [1.29, 1.82) is 5.41 Å². The lowest BCUT2D eigenvalue weighted by Crippen LogP contribution is -2.54. The molecule has 1 saturated heterocycles. The number of aliphatic hydroxyl groups is 1. The van der Waals surface area contributed by atoms with Gasteiger partial charge in [-0.25, -0.2) is 4.99 Å². The molecule has 10 heteroatoms. The van der Waals surface area contributed by atoms with Crippen LogP contribution in [0.2, 0.25) is 0 Å². The molecule has 0 bridgehead atoms. The van der Waals surface area contributed by atoms with Gasteiger partial charge >= 0.3 is 0 Å². The Hall–Kier alpha value is -1.30. The average molecular weight is 606 g/mol. The molecule has 1 saturated carbocycles. The van der Waals surface area contributed by atoms with Crippen LogP contribution in [0, 0.1) is 11.3 Å². The third-order valence-electron chi connectivity index (χ3n) is 8.11. The number of hydrogen-bond donors (Lipinski definition) is 4. The minimum absolute atomic E-state index is 0.0357. The van der Waals surface area contributed by atoms with Gasteiger partial charge in [0.25, 0.3) is 0 Å². The summed E-state index contributed by atoms with van der Waals surface area (Å²) in [6.07, 6.45) is 14.0. The molecular formula is C28H41BrN6O2S.